The molecule has 0 aliphatic carbocycles. The molecule has 0 amide bonds. The van der Waals surface area contributed by atoms with Gasteiger partial charge in [-0.3, -0.25) is 0 Å². The molecule has 0 nitrogen and oxygen atoms in total. The second kappa shape index (κ2) is 3.69. The third kappa shape index (κ3) is 1.36. The number of benzene rings is 4. The molecule has 0 aromatic heterocycles. The van der Waals surface area contributed by atoms with E-state index in [-0.39, 0.29) is 0 Å². The average molecular weight is 360 g/mol. The van der Waals surface area contributed by atoms with E-state index in [1.165, 1.54) is 32.3 Å². The van der Waals surface area contributed by atoms with E-state index in [9.17, 15) is 0 Å². The topological polar surface area (TPSA) is 0 Å². The minimum atomic E-state index is 1.13. The Labute approximate surface area is 121 Å². The largest absolute Gasteiger partial charge is 0.0537 e. The Hall–Kier alpha value is -1.12. The van der Waals surface area contributed by atoms with Crippen LogP contribution < -0.4 is 0 Å². The molecule has 0 aliphatic rings. The lowest BCUT2D eigenvalue weighted by molar-refractivity contribution is 1.72. The SMILES string of the molecule is Brc1cc2ccc3ccc(Br)c4ccc(c1)c2c34. The maximum atomic E-state index is 3.65. The van der Waals surface area contributed by atoms with Gasteiger partial charge in [-0.25, -0.2) is 0 Å². The summed E-state index contributed by atoms with van der Waals surface area (Å²) in [7, 11) is 0. The van der Waals surface area contributed by atoms with Crippen molar-refractivity contribution in [3.63, 3.8) is 0 Å². The summed E-state index contributed by atoms with van der Waals surface area (Å²) >= 11 is 7.23. The monoisotopic (exact) mass is 358 g/mol. The molecular weight excluding hydrogens is 352 g/mol. The van der Waals surface area contributed by atoms with Gasteiger partial charge in [-0.05, 0) is 50.5 Å². The first-order valence-electron chi connectivity index (χ1n) is 5.76. The molecule has 4 aromatic carbocycles. The van der Waals surface area contributed by atoms with Crippen LogP contribution in [0.3, 0.4) is 0 Å². The highest BCUT2D eigenvalue weighted by Gasteiger charge is 2.10. The summed E-state index contributed by atoms with van der Waals surface area (Å²) < 4.78 is 2.29. The van der Waals surface area contributed by atoms with E-state index in [0.717, 1.165) is 8.95 Å². The molecule has 4 aromatic rings. The first-order chi connectivity index (χ1) is 8.74. The molecule has 0 radical (unpaired) electrons. The Morgan fingerprint density at radius 2 is 1.22 bits per heavy atom. The van der Waals surface area contributed by atoms with Gasteiger partial charge in [0.1, 0.15) is 0 Å². The van der Waals surface area contributed by atoms with Gasteiger partial charge in [-0.2, -0.15) is 0 Å². The van der Waals surface area contributed by atoms with Crippen LogP contribution in [0.25, 0.3) is 32.3 Å². The lowest BCUT2D eigenvalue weighted by Crippen LogP contribution is -1.84. The van der Waals surface area contributed by atoms with Crippen molar-refractivity contribution < 1.29 is 0 Å². The molecule has 18 heavy (non-hydrogen) atoms. The van der Waals surface area contributed by atoms with E-state index in [1.807, 2.05) is 0 Å². The minimum absolute atomic E-state index is 1.13. The fourth-order valence-corrected chi connectivity index (χ4v) is 3.70. The summed E-state index contributed by atoms with van der Waals surface area (Å²) in [6, 6.07) is 17.4. The summed E-state index contributed by atoms with van der Waals surface area (Å²) in [5.74, 6) is 0. The molecule has 0 fully saturated rings. The van der Waals surface area contributed by atoms with Crippen molar-refractivity contribution in [1.29, 1.82) is 0 Å². The quantitative estimate of drug-likeness (QED) is 0.332. The minimum Gasteiger partial charge on any atom is -0.0537 e. The van der Waals surface area contributed by atoms with E-state index in [1.54, 1.807) is 0 Å². The summed E-state index contributed by atoms with van der Waals surface area (Å²) in [6.07, 6.45) is 0. The second-order valence-corrected chi connectivity index (χ2v) is 6.32. The van der Waals surface area contributed by atoms with E-state index >= 15 is 0 Å². The van der Waals surface area contributed by atoms with Gasteiger partial charge >= 0.3 is 0 Å². The van der Waals surface area contributed by atoms with Crippen LogP contribution in [0.5, 0.6) is 0 Å². The summed E-state index contributed by atoms with van der Waals surface area (Å²) in [5, 5.41) is 7.87. The zero-order chi connectivity index (χ0) is 12.3. The second-order valence-electron chi connectivity index (χ2n) is 4.55. The van der Waals surface area contributed by atoms with Gasteiger partial charge in [-0.1, -0.05) is 62.2 Å². The van der Waals surface area contributed by atoms with E-state index in [2.05, 4.69) is 80.4 Å². The molecule has 0 saturated carbocycles. The molecule has 0 N–H and O–H groups in total. The van der Waals surface area contributed by atoms with Gasteiger partial charge < -0.3 is 0 Å². The van der Waals surface area contributed by atoms with Crippen molar-refractivity contribution in [2.45, 2.75) is 0 Å². The van der Waals surface area contributed by atoms with Gasteiger partial charge in [0.25, 0.3) is 0 Å². The standard InChI is InChI=1S/C16H8Br2/c17-12-7-10-2-1-9-4-6-14(18)13-5-3-11(8-12)15(10)16(9)13/h1-8H. The van der Waals surface area contributed by atoms with Crippen LogP contribution in [-0.2, 0) is 0 Å². The third-order valence-electron chi connectivity index (χ3n) is 3.51. The maximum absolute atomic E-state index is 3.65. The summed E-state index contributed by atoms with van der Waals surface area (Å²) in [4.78, 5) is 0. The van der Waals surface area contributed by atoms with Crippen LogP contribution in [0.15, 0.2) is 57.5 Å². The van der Waals surface area contributed by atoms with Gasteiger partial charge in [0, 0.05) is 8.95 Å². The molecular formula is C16H8Br2. The van der Waals surface area contributed by atoms with E-state index in [0.29, 0.717) is 0 Å². The predicted molar refractivity (Wildman–Crippen MR) is 85.5 cm³/mol. The normalized spacial score (nSPS) is 11.9. The predicted octanol–water partition coefficient (Wildman–Crippen LogP) is 6.11. The Bertz CT molecular complexity index is 875. The number of halogens is 2. The molecule has 0 aliphatic heterocycles. The van der Waals surface area contributed by atoms with E-state index in [4.69, 9.17) is 0 Å². The summed E-state index contributed by atoms with van der Waals surface area (Å²) in [6.45, 7) is 0. The van der Waals surface area contributed by atoms with Crippen LogP contribution in [0, 0.1) is 0 Å². The van der Waals surface area contributed by atoms with Crippen molar-refractivity contribution >= 4 is 64.2 Å². The van der Waals surface area contributed by atoms with Crippen molar-refractivity contribution in [2.24, 2.45) is 0 Å². The lowest BCUT2D eigenvalue weighted by Gasteiger charge is -2.12. The maximum Gasteiger partial charge on any atom is 0.0254 e. The van der Waals surface area contributed by atoms with Crippen molar-refractivity contribution in [3.05, 3.63) is 57.5 Å². The molecule has 4 rings (SSSR count). The zero-order valence-electron chi connectivity index (χ0n) is 9.37. The fourth-order valence-electron chi connectivity index (χ4n) is 2.75. The van der Waals surface area contributed by atoms with Gasteiger partial charge in [-0.15, -0.1) is 0 Å². The number of hydrogen-bond acceptors (Lipinski definition) is 0. The molecule has 2 heteroatoms. The lowest BCUT2D eigenvalue weighted by atomic mass is 9.94. The van der Waals surface area contributed by atoms with Crippen LogP contribution >= 0.6 is 31.9 Å². The number of hydrogen-bond donors (Lipinski definition) is 0. The number of rotatable bonds is 0. The highest BCUT2D eigenvalue weighted by atomic mass is 79.9. The molecule has 0 spiro atoms. The third-order valence-corrected chi connectivity index (χ3v) is 4.66. The van der Waals surface area contributed by atoms with Crippen molar-refractivity contribution in [2.75, 3.05) is 0 Å². The van der Waals surface area contributed by atoms with Crippen LogP contribution in [0.1, 0.15) is 0 Å². The first-order valence-corrected chi connectivity index (χ1v) is 7.35. The Morgan fingerprint density at radius 1 is 0.611 bits per heavy atom. The van der Waals surface area contributed by atoms with Crippen LogP contribution in [0.2, 0.25) is 0 Å². The average Bonchev–Trinajstić information content (AvgIpc) is 2.37. The van der Waals surface area contributed by atoms with Gasteiger partial charge in [0.05, 0.1) is 0 Å². The van der Waals surface area contributed by atoms with Gasteiger partial charge in [0.2, 0.25) is 0 Å². The molecule has 0 bridgehead atoms. The summed E-state index contributed by atoms with van der Waals surface area (Å²) in [5.41, 5.74) is 0. The van der Waals surface area contributed by atoms with E-state index < -0.39 is 0 Å². The molecule has 86 valence electrons. The Morgan fingerprint density at radius 3 is 2.00 bits per heavy atom. The van der Waals surface area contributed by atoms with Crippen molar-refractivity contribution in [1.82, 2.24) is 0 Å². The zero-order valence-corrected chi connectivity index (χ0v) is 12.5. The van der Waals surface area contributed by atoms with Gasteiger partial charge in [0.15, 0.2) is 0 Å². The first kappa shape index (κ1) is 10.8. The van der Waals surface area contributed by atoms with Crippen LogP contribution in [-0.4, -0.2) is 0 Å². The fraction of sp³-hybridized carbons (Fsp3) is 0. The molecule has 0 unspecified atom stereocenters. The van der Waals surface area contributed by atoms with Crippen LogP contribution in [0.4, 0.5) is 0 Å². The Kier molecular flexibility index (Phi) is 2.21. The highest BCUT2D eigenvalue weighted by molar-refractivity contribution is 9.11. The van der Waals surface area contributed by atoms with Crippen molar-refractivity contribution in [3.8, 4) is 0 Å². The molecule has 0 atom stereocenters. The molecule has 0 heterocycles. The smallest absolute Gasteiger partial charge is 0.0254 e. The highest BCUT2D eigenvalue weighted by Crippen LogP contribution is 2.38. The Balaban J connectivity index is 2.44. The molecule has 0 saturated heterocycles.